The Kier molecular flexibility index (Phi) is 6.02. The molecular weight excluding hydrogens is 278 g/mol. The average molecular weight is 293 g/mol. The van der Waals surface area contributed by atoms with Crippen LogP contribution in [0.15, 0.2) is 12.1 Å². The first-order valence-electron chi connectivity index (χ1n) is 5.76. The van der Waals surface area contributed by atoms with Crippen molar-refractivity contribution in [1.29, 1.82) is 0 Å². The van der Waals surface area contributed by atoms with E-state index in [1.165, 1.54) is 6.07 Å². The molecule has 0 spiro atoms. The van der Waals surface area contributed by atoms with Crippen molar-refractivity contribution in [2.24, 2.45) is 0 Å². The lowest BCUT2D eigenvalue weighted by atomic mass is 10.0. The molecule has 0 fully saturated rings. The van der Waals surface area contributed by atoms with Crippen LogP contribution in [0.1, 0.15) is 23.6 Å². The number of benzene rings is 1. The lowest BCUT2D eigenvalue weighted by Crippen LogP contribution is -2.11. The number of hydrogen-bond acceptors (Lipinski definition) is 3. The Hall–Kier alpha value is -1.36. The van der Waals surface area contributed by atoms with Crippen LogP contribution in [0, 0.1) is 6.92 Å². The van der Waals surface area contributed by atoms with Crippen LogP contribution in [0.25, 0.3) is 0 Å². The van der Waals surface area contributed by atoms with Crippen LogP contribution in [-0.4, -0.2) is 19.2 Å². The highest BCUT2D eigenvalue weighted by atomic mass is 35.5. The summed E-state index contributed by atoms with van der Waals surface area (Å²) in [6.45, 7) is 0.669. The summed E-state index contributed by atoms with van der Waals surface area (Å²) in [5.41, 5.74) is 1.68. The van der Waals surface area contributed by atoms with Gasteiger partial charge in [-0.2, -0.15) is 8.78 Å². The van der Waals surface area contributed by atoms with Crippen molar-refractivity contribution in [3.05, 3.63) is 28.8 Å². The summed E-state index contributed by atoms with van der Waals surface area (Å²) in [6.07, 6.45) is 0.00397. The number of carbonyl (C=O) groups excluding carboxylic acids is 1. The van der Waals surface area contributed by atoms with Gasteiger partial charge in [0.25, 0.3) is 0 Å². The lowest BCUT2D eigenvalue weighted by molar-refractivity contribution is -0.142. The van der Waals surface area contributed by atoms with Crippen molar-refractivity contribution in [2.45, 2.75) is 32.8 Å². The summed E-state index contributed by atoms with van der Waals surface area (Å²) in [6, 6.07) is 3.14. The van der Waals surface area contributed by atoms with Gasteiger partial charge in [0.15, 0.2) is 0 Å². The van der Waals surface area contributed by atoms with Gasteiger partial charge in [-0.3, -0.25) is 4.79 Å². The molecule has 0 aliphatic carbocycles. The lowest BCUT2D eigenvalue weighted by Gasteiger charge is -2.14. The van der Waals surface area contributed by atoms with Crippen LogP contribution in [0.4, 0.5) is 8.78 Å². The molecule has 0 radical (unpaired) electrons. The summed E-state index contributed by atoms with van der Waals surface area (Å²) in [4.78, 5) is 11.5. The maximum absolute atomic E-state index is 12.3. The van der Waals surface area contributed by atoms with Crippen LogP contribution in [-0.2, 0) is 21.8 Å². The van der Waals surface area contributed by atoms with Crippen LogP contribution >= 0.6 is 11.6 Å². The largest absolute Gasteiger partial charge is 0.466 e. The monoisotopic (exact) mass is 292 g/mol. The van der Waals surface area contributed by atoms with E-state index in [4.69, 9.17) is 16.3 Å². The first kappa shape index (κ1) is 15.7. The van der Waals surface area contributed by atoms with Gasteiger partial charge in [0.1, 0.15) is 5.75 Å². The first-order chi connectivity index (χ1) is 8.97. The van der Waals surface area contributed by atoms with Gasteiger partial charge in [-0.25, -0.2) is 0 Å². The molecule has 0 atom stereocenters. The van der Waals surface area contributed by atoms with Crippen LogP contribution < -0.4 is 4.74 Å². The van der Waals surface area contributed by atoms with E-state index in [9.17, 15) is 13.6 Å². The fourth-order valence-corrected chi connectivity index (χ4v) is 1.81. The topological polar surface area (TPSA) is 35.5 Å². The fraction of sp³-hybridized carbons (Fsp3) is 0.462. The van der Waals surface area contributed by atoms with Gasteiger partial charge < -0.3 is 9.47 Å². The molecule has 19 heavy (non-hydrogen) atoms. The third-order valence-electron chi connectivity index (χ3n) is 2.54. The number of alkyl halides is 3. The van der Waals surface area contributed by atoms with Gasteiger partial charge in [0, 0.05) is 5.88 Å². The second-order valence-corrected chi connectivity index (χ2v) is 4.14. The minimum Gasteiger partial charge on any atom is -0.466 e. The van der Waals surface area contributed by atoms with E-state index in [2.05, 4.69) is 4.74 Å². The predicted octanol–water partition coefficient (Wildman–Crippen LogP) is 3.44. The van der Waals surface area contributed by atoms with E-state index in [0.29, 0.717) is 16.7 Å². The van der Waals surface area contributed by atoms with Crippen molar-refractivity contribution in [3.8, 4) is 5.75 Å². The van der Waals surface area contributed by atoms with E-state index < -0.39 is 12.6 Å². The Bertz CT molecular complexity index is 450. The minimum atomic E-state index is -2.92. The van der Waals surface area contributed by atoms with Crippen LogP contribution in [0.3, 0.4) is 0 Å². The molecule has 6 heteroatoms. The van der Waals surface area contributed by atoms with Crippen molar-refractivity contribution in [2.75, 3.05) is 6.61 Å². The second kappa shape index (κ2) is 7.28. The molecule has 1 aromatic carbocycles. The number of esters is 1. The molecule has 0 aliphatic rings. The minimum absolute atomic E-state index is 0.00397. The Balaban J connectivity index is 3.04. The first-order valence-corrected chi connectivity index (χ1v) is 6.30. The predicted molar refractivity (Wildman–Crippen MR) is 67.7 cm³/mol. The van der Waals surface area contributed by atoms with E-state index >= 15 is 0 Å². The fourth-order valence-electron chi connectivity index (χ4n) is 1.66. The molecule has 1 aromatic rings. The maximum Gasteiger partial charge on any atom is 0.387 e. The molecule has 0 N–H and O–H groups in total. The highest BCUT2D eigenvalue weighted by Crippen LogP contribution is 2.27. The third kappa shape index (κ3) is 4.67. The summed E-state index contributed by atoms with van der Waals surface area (Å²) >= 11 is 5.70. The number of rotatable bonds is 6. The Morgan fingerprint density at radius 2 is 2.11 bits per heavy atom. The van der Waals surface area contributed by atoms with Gasteiger partial charge in [0.2, 0.25) is 0 Å². The van der Waals surface area contributed by atoms with Crippen molar-refractivity contribution in [3.63, 3.8) is 0 Å². The molecule has 0 amide bonds. The highest BCUT2D eigenvalue weighted by molar-refractivity contribution is 6.17. The van der Waals surface area contributed by atoms with E-state index in [-0.39, 0.29) is 24.7 Å². The van der Waals surface area contributed by atoms with Crippen molar-refractivity contribution < 1.29 is 23.0 Å². The third-order valence-corrected chi connectivity index (χ3v) is 2.85. The number of carbonyl (C=O) groups is 1. The molecule has 3 nitrogen and oxygen atoms in total. The summed E-state index contributed by atoms with van der Waals surface area (Å²) in [7, 11) is 0. The molecule has 0 aliphatic heterocycles. The van der Waals surface area contributed by atoms with Crippen LogP contribution in [0.5, 0.6) is 5.75 Å². The normalized spacial score (nSPS) is 10.6. The zero-order valence-corrected chi connectivity index (χ0v) is 11.5. The van der Waals surface area contributed by atoms with Gasteiger partial charge in [-0.1, -0.05) is 6.07 Å². The van der Waals surface area contributed by atoms with Gasteiger partial charge in [-0.15, -0.1) is 11.6 Å². The van der Waals surface area contributed by atoms with Gasteiger partial charge in [0.05, 0.1) is 13.0 Å². The molecule has 0 bridgehead atoms. The molecule has 1 rings (SSSR count). The number of halogens is 3. The van der Waals surface area contributed by atoms with Gasteiger partial charge >= 0.3 is 12.6 Å². The van der Waals surface area contributed by atoms with Crippen molar-refractivity contribution >= 4 is 17.6 Å². The number of hydrogen-bond donors (Lipinski definition) is 0. The average Bonchev–Trinajstić information content (AvgIpc) is 2.33. The van der Waals surface area contributed by atoms with E-state index in [1.54, 1.807) is 19.9 Å². The van der Waals surface area contributed by atoms with Gasteiger partial charge in [-0.05, 0) is 36.6 Å². The molecule has 0 heterocycles. The Morgan fingerprint density at radius 1 is 1.42 bits per heavy atom. The maximum atomic E-state index is 12.3. The number of ether oxygens (including phenoxy) is 2. The summed E-state index contributed by atoms with van der Waals surface area (Å²) in [5, 5.41) is 0. The van der Waals surface area contributed by atoms with E-state index in [1.807, 2.05) is 0 Å². The molecule has 106 valence electrons. The SMILES string of the molecule is CCOC(=O)Cc1cc(CCl)cc(OC(F)F)c1C. The van der Waals surface area contributed by atoms with Crippen molar-refractivity contribution in [1.82, 2.24) is 0 Å². The molecular formula is C13H15ClF2O3. The molecule has 0 aromatic heterocycles. The van der Waals surface area contributed by atoms with Crippen LogP contribution in [0.2, 0.25) is 0 Å². The standard InChI is InChI=1S/C13H15ClF2O3/c1-3-18-12(17)6-10-4-9(7-14)5-11(8(10)2)19-13(15)16/h4-5,13H,3,6-7H2,1-2H3. The quantitative estimate of drug-likeness (QED) is 0.595. The Labute approximate surface area is 115 Å². The van der Waals surface area contributed by atoms with E-state index in [0.717, 1.165) is 0 Å². The zero-order chi connectivity index (χ0) is 14.4. The summed E-state index contributed by atoms with van der Waals surface area (Å²) < 4.78 is 33.9. The second-order valence-electron chi connectivity index (χ2n) is 3.87. The molecule has 0 saturated carbocycles. The Morgan fingerprint density at radius 3 is 2.63 bits per heavy atom. The smallest absolute Gasteiger partial charge is 0.387 e. The summed E-state index contributed by atoms with van der Waals surface area (Å²) in [5.74, 6) is -0.233. The highest BCUT2D eigenvalue weighted by Gasteiger charge is 2.15. The zero-order valence-electron chi connectivity index (χ0n) is 10.7. The molecule has 0 unspecified atom stereocenters. The molecule has 0 saturated heterocycles.